The number of nitrogens with zero attached hydrogens (tertiary/aromatic N) is 3. The zero-order valence-corrected chi connectivity index (χ0v) is 16.8. The fourth-order valence-corrected chi connectivity index (χ4v) is 3.03. The molecule has 8 nitrogen and oxygen atoms in total. The summed E-state index contributed by atoms with van der Waals surface area (Å²) in [6, 6.07) is 11.0. The van der Waals surface area contributed by atoms with Gasteiger partial charge in [-0.25, -0.2) is 4.98 Å². The molecule has 4 aromatic rings. The van der Waals surface area contributed by atoms with E-state index in [1.807, 2.05) is 37.3 Å². The first-order valence-corrected chi connectivity index (χ1v) is 9.32. The lowest BCUT2D eigenvalue weighted by Gasteiger charge is -2.04. The molecule has 30 heavy (non-hydrogen) atoms. The summed E-state index contributed by atoms with van der Waals surface area (Å²) in [7, 11) is 1.61. The van der Waals surface area contributed by atoms with Crippen LogP contribution in [0.2, 0.25) is 0 Å². The van der Waals surface area contributed by atoms with Crippen LogP contribution >= 0.6 is 0 Å². The standard InChI is InChI=1S/C22H20N4O4/c1-13-19(20(30-26-13)16-5-4-10-23-11-16)21(27)24-12-18-14(2)29-22(25-18)15-6-8-17(28-3)9-7-15/h4-11H,12H2,1-3H3,(H,24,27). The molecule has 4 rings (SSSR count). The van der Waals surface area contributed by atoms with Gasteiger partial charge in [0.05, 0.1) is 19.3 Å². The first-order valence-electron chi connectivity index (χ1n) is 9.32. The average Bonchev–Trinajstić information content (AvgIpc) is 3.35. The Kier molecular flexibility index (Phi) is 5.30. The van der Waals surface area contributed by atoms with E-state index in [0.29, 0.717) is 39.9 Å². The number of amides is 1. The number of methoxy groups -OCH3 is 1. The minimum absolute atomic E-state index is 0.210. The van der Waals surface area contributed by atoms with Crippen molar-refractivity contribution >= 4 is 5.91 Å². The average molecular weight is 404 g/mol. The molecule has 152 valence electrons. The van der Waals surface area contributed by atoms with Crippen molar-refractivity contribution in [2.45, 2.75) is 20.4 Å². The smallest absolute Gasteiger partial charge is 0.257 e. The second-order valence-corrected chi connectivity index (χ2v) is 6.65. The maximum Gasteiger partial charge on any atom is 0.257 e. The summed E-state index contributed by atoms with van der Waals surface area (Å²) in [6.07, 6.45) is 3.28. The number of benzene rings is 1. The molecule has 8 heteroatoms. The number of ether oxygens (including phenoxy) is 1. The van der Waals surface area contributed by atoms with Crippen molar-refractivity contribution < 1.29 is 18.5 Å². The number of oxazole rings is 1. The molecule has 0 aliphatic carbocycles. The van der Waals surface area contributed by atoms with Crippen LogP contribution in [0.15, 0.2) is 57.7 Å². The Balaban J connectivity index is 1.51. The third-order valence-corrected chi connectivity index (χ3v) is 4.66. The second-order valence-electron chi connectivity index (χ2n) is 6.65. The fourth-order valence-electron chi connectivity index (χ4n) is 3.03. The Hall–Kier alpha value is -3.94. The summed E-state index contributed by atoms with van der Waals surface area (Å²) in [6.45, 7) is 3.75. The van der Waals surface area contributed by atoms with Crippen molar-refractivity contribution in [3.05, 3.63) is 71.5 Å². The van der Waals surface area contributed by atoms with E-state index in [9.17, 15) is 4.79 Å². The molecule has 1 aromatic carbocycles. The Morgan fingerprint density at radius 1 is 1.13 bits per heavy atom. The molecule has 0 saturated heterocycles. The number of aromatic nitrogens is 3. The van der Waals surface area contributed by atoms with E-state index in [1.165, 1.54) is 0 Å². The topological polar surface area (TPSA) is 103 Å². The molecule has 1 amide bonds. The van der Waals surface area contributed by atoms with Crippen molar-refractivity contribution in [1.29, 1.82) is 0 Å². The number of pyridine rings is 1. The molecule has 0 aliphatic heterocycles. The highest BCUT2D eigenvalue weighted by Crippen LogP contribution is 2.26. The Labute approximate surface area is 172 Å². The van der Waals surface area contributed by atoms with Crippen molar-refractivity contribution in [3.63, 3.8) is 0 Å². The van der Waals surface area contributed by atoms with Crippen LogP contribution in [-0.4, -0.2) is 28.1 Å². The number of aryl methyl sites for hydroxylation is 2. The lowest BCUT2D eigenvalue weighted by molar-refractivity contribution is 0.0950. The lowest BCUT2D eigenvalue weighted by Crippen LogP contribution is -2.24. The minimum Gasteiger partial charge on any atom is -0.497 e. The number of rotatable bonds is 6. The molecule has 0 aliphatic rings. The molecule has 3 aromatic heterocycles. The van der Waals surface area contributed by atoms with Gasteiger partial charge in [0.1, 0.15) is 22.8 Å². The molecule has 0 unspecified atom stereocenters. The highest BCUT2D eigenvalue weighted by molar-refractivity contribution is 6.00. The highest BCUT2D eigenvalue weighted by Gasteiger charge is 2.22. The zero-order chi connectivity index (χ0) is 21.1. The van der Waals surface area contributed by atoms with Gasteiger partial charge in [0, 0.05) is 23.5 Å². The number of carbonyl (C=O) groups is 1. The molecule has 0 fully saturated rings. The molecule has 0 bridgehead atoms. The molecule has 0 radical (unpaired) electrons. The summed E-state index contributed by atoms with van der Waals surface area (Å²) < 4.78 is 16.3. The first-order chi connectivity index (χ1) is 14.6. The second kappa shape index (κ2) is 8.20. The number of hydrogen-bond donors (Lipinski definition) is 1. The van der Waals surface area contributed by atoms with Gasteiger partial charge >= 0.3 is 0 Å². The van der Waals surface area contributed by atoms with E-state index in [0.717, 1.165) is 11.3 Å². The third-order valence-electron chi connectivity index (χ3n) is 4.66. The predicted molar refractivity (Wildman–Crippen MR) is 109 cm³/mol. The number of carbonyl (C=O) groups excluding carboxylic acids is 1. The largest absolute Gasteiger partial charge is 0.497 e. The maximum atomic E-state index is 12.8. The van der Waals surface area contributed by atoms with Gasteiger partial charge < -0.3 is 19.0 Å². The van der Waals surface area contributed by atoms with Crippen LogP contribution in [0.5, 0.6) is 5.75 Å². The molecule has 0 saturated carbocycles. The monoisotopic (exact) mass is 404 g/mol. The predicted octanol–water partition coefficient (Wildman–Crippen LogP) is 3.95. The van der Waals surface area contributed by atoms with Crippen LogP contribution in [0.1, 0.15) is 27.5 Å². The van der Waals surface area contributed by atoms with E-state index >= 15 is 0 Å². The summed E-state index contributed by atoms with van der Waals surface area (Å²) in [4.78, 5) is 21.4. The van der Waals surface area contributed by atoms with Crippen LogP contribution in [0, 0.1) is 13.8 Å². The third kappa shape index (κ3) is 3.80. The summed E-state index contributed by atoms with van der Waals surface area (Å²) >= 11 is 0. The molecule has 0 spiro atoms. The SMILES string of the molecule is COc1ccc(-c2nc(CNC(=O)c3c(C)noc3-c3cccnc3)c(C)o2)cc1. The highest BCUT2D eigenvalue weighted by atomic mass is 16.5. The van der Waals surface area contributed by atoms with Crippen molar-refractivity contribution in [3.8, 4) is 28.5 Å². The van der Waals surface area contributed by atoms with Crippen LogP contribution in [0.4, 0.5) is 0 Å². The van der Waals surface area contributed by atoms with E-state index < -0.39 is 0 Å². The summed E-state index contributed by atoms with van der Waals surface area (Å²) in [5, 5.41) is 6.81. The van der Waals surface area contributed by atoms with E-state index in [1.54, 1.807) is 32.5 Å². The van der Waals surface area contributed by atoms with Crippen LogP contribution in [0.25, 0.3) is 22.8 Å². The number of nitrogens with one attached hydrogen (secondary N) is 1. The van der Waals surface area contributed by atoms with E-state index in [-0.39, 0.29) is 12.5 Å². The van der Waals surface area contributed by atoms with Gasteiger partial charge in [0.2, 0.25) is 5.89 Å². The number of hydrogen-bond acceptors (Lipinski definition) is 7. The van der Waals surface area contributed by atoms with Gasteiger partial charge in [-0.2, -0.15) is 0 Å². The summed E-state index contributed by atoms with van der Waals surface area (Å²) in [5.74, 6) is 1.95. The van der Waals surface area contributed by atoms with Crippen molar-refractivity contribution in [2.24, 2.45) is 0 Å². The molecule has 1 N–H and O–H groups in total. The molecular formula is C22H20N4O4. The van der Waals surface area contributed by atoms with Crippen LogP contribution < -0.4 is 10.1 Å². The maximum absolute atomic E-state index is 12.8. The summed E-state index contributed by atoms with van der Waals surface area (Å²) in [5.41, 5.74) is 3.03. The Morgan fingerprint density at radius 2 is 1.93 bits per heavy atom. The minimum atomic E-state index is -0.305. The van der Waals surface area contributed by atoms with Gasteiger partial charge in [-0.05, 0) is 50.2 Å². The van der Waals surface area contributed by atoms with Gasteiger partial charge in [-0.1, -0.05) is 5.16 Å². The molecule has 3 heterocycles. The normalized spacial score (nSPS) is 10.8. The first kappa shape index (κ1) is 19.4. The fraction of sp³-hybridized carbons (Fsp3) is 0.182. The Morgan fingerprint density at radius 3 is 2.63 bits per heavy atom. The van der Waals surface area contributed by atoms with Gasteiger partial charge in [-0.3, -0.25) is 9.78 Å². The lowest BCUT2D eigenvalue weighted by atomic mass is 10.1. The van der Waals surface area contributed by atoms with Crippen molar-refractivity contribution in [2.75, 3.05) is 7.11 Å². The van der Waals surface area contributed by atoms with Crippen LogP contribution in [0.3, 0.4) is 0 Å². The zero-order valence-electron chi connectivity index (χ0n) is 16.8. The quantitative estimate of drug-likeness (QED) is 0.519. The van der Waals surface area contributed by atoms with Gasteiger partial charge in [0.25, 0.3) is 5.91 Å². The van der Waals surface area contributed by atoms with E-state index in [2.05, 4.69) is 20.4 Å². The Bertz CT molecular complexity index is 1160. The molecular weight excluding hydrogens is 384 g/mol. The van der Waals surface area contributed by atoms with Crippen molar-refractivity contribution in [1.82, 2.24) is 20.4 Å². The molecule has 0 atom stereocenters. The van der Waals surface area contributed by atoms with E-state index in [4.69, 9.17) is 13.7 Å². The van der Waals surface area contributed by atoms with Gasteiger partial charge in [-0.15, -0.1) is 0 Å². The van der Waals surface area contributed by atoms with Gasteiger partial charge in [0.15, 0.2) is 5.76 Å². The van der Waals surface area contributed by atoms with Crippen LogP contribution in [-0.2, 0) is 6.54 Å².